The highest BCUT2D eigenvalue weighted by atomic mass is 31.2. The quantitative estimate of drug-likeness (QED) is 0.532. The molecule has 1 aliphatic rings. The Hall–Kier alpha value is 0.367. The molecule has 5 heteroatoms. The molecule has 1 aliphatic carbocycles. The Balaban J connectivity index is 3.15. The van der Waals surface area contributed by atoms with Gasteiger partial charge in [0.1, 0.15) is 0 Å². The molecule has 0 radical (unpaired) electrons. The lowest BCUT2D eigenvalue weighted by Gasteiger charge is -2.44. The Kier molecular flexibility index (Phi) is 5.04. The molecule has 0 aromatic heterocycles. The lowest BCUT2D eigenvalue weighted by atomic mass is 10.3. The Morgan fingerprint density at radius 1 is 1.06 bits per heavy atom. The van der Waals surface area contributed by atoms with Crippen LogP contribution in [0.15, 0.2) is 0 Å². The summed E-state index contributed by atoms with van der Waals surface area (Å²) in [5, 5.41) is 0. The van der Waals surface area contributed by atoms with E-state index in [0.717, 1.165) is 25.7 Å². The average molecular weight is 278 g/mol. The molecule has 102 valence electrons. The van der Waals surface area contributed by atoms with E-state index in [4.69, 9.17) is 9.05 Å². The van der Waals surface area contributed by atoms with Crippen LogP contribution in [0, 0.1) is 0 Å². The van der Waals surface area contributed by atoms with Crippen molar-refractivity contribution in [2.45, 2.75) is 64.0 Å². The second kappa shape index (κ2) is 5.56. The van der Waals surface area contributed by atoms with Gasteiger partial charge in [-0.05, 0) is 26.7 Å². The van der Waals surface area contributed by atoms with Crippen LogP contribution in [0.25, 0.3) is 0 Å². The second-order valence-corrected chi connectivity index (χ2v) is 14.1. The van der Waals surface area contributed by atoms with Crippen molar-refractivity contribution < 1.29 is 13.6 Å². The summed E-state index contributed by atoms with van der Waals surface area (Å²) in [7, 11) is -4.56. The van der Waals surface area contributed by atoms with Crippen molar-refractivity contribution in [3.05, 3.63) is 0 Å². The minimum atomic E-state index is -2.96. The topological polar surface area (TPSA) is 35.5 Å². The summed E-state index contributed by atoms with van der Waals surface area (Å²) in [5.41, 5.74) is 0. The van der Waals surface area contributed by atoms with Crippen molar-refractivity contribution in [1.29, 1.82) is 0 Å². The maximum atomic E-state index is 13.2. The monoisotopic (exact) mass is 278 g/mol. The van der Waals surface area contributed by atoms with Gasteiger partial charge in [-0.25, -0.2) is 0 Å². The van der Waals surface area contributed by atoms with Crippen molar-refractivity contribution in [3.8, 4) is 0 Å². The fourth-order valence-corrected chi connectivity index (χ4v) is 10.7. The third-order valence-corrected chi connectivity index (χ3v) is 12.8. The van der Waals surface area contributed by atoms with Gasteiger partial charge in [0.05, 0.1) is 26.1 Å². The van der Waals surface area contributed by atoms with E-state index in [1.807, 2.05) is 13.8 Å². The van der Waals surface area contributed by atoms with Crippen LogP contribution in [0.3, 0.4) is 0 Å². The Bertz CT molecular complexity index is 283. The molecule has 0 aliphatic heterocycles. The summed E-state index contributed by atoms with van der Waals surface area (Å²) in [5.74, 6) is 0. The molecule has 0 atom stereocenters. The predicted octanol–water partition coefficient (Wildman–Crippen LogP) is 4.44. The van der Waals surface area contributed by atoms with Gasteiger partial charge >= 0.3 is 7.60 Å². The maximum absolute atomic E-state index is 13.2. The van der Waals surface area contributed by atoms with E-state index in [0.29, 0.717) is 13.2 Å². The standard InChI is InChI=1S/C12H27O3PSi/c1-6-14-16(13,15-7-2)12(17(3,4)5)10-8-9-11-12/h6-11H2,1-5H3. The summed E-state index contributed by atoms with van der Waals surface area (Å²) in [6.07, 6.45) is 4.35. The van der Waals surface area contributed by atoms with Crippen molar-refractivity contribution in [2.24, 2.45) is 0 Å². The van der Waals surface area contributed by atoms with Crippen LogP contribution in [0.5, 0.6) is 0 Å². The SMILES string of the molecule is CCOP(=O)(OCC)C1([Si](C)(C)C)CCCC1. The van der Waals surface area contributed by atoms with Crippen LogP contribution in [0.1, 0.15) is 39.5 Å². The van der Waals surface area contributed by atoms with Gasteiger partial charge in [-0.3, -0.25) is 4.57 Å². The Morgan fingerprint density at radius 2 is 1.47 bits per heavy atom. The first-order valence-corrected chi connectivity index (χ1v) is 11.8. The lowest BCUT2D eigenvalue weighted by molar-refractivity contribution is 0.206. The summed E-state index contributed by atoms with van der Waals surface area (Å²) < 4.78 is 24.3. The molecule has 0 heterocycles. The van der Waals surface area contributed by atoms with Gasteiger partial charge in [0, 0.05) is 0 Å². The molecule has 0 unspecified atom stereocenters. The van der Waals surface area contributed by atoms with Crippen molar-refractivity contribution in [1.82, 2.24) is 0 Å². The van der Waals surface area contributed by atoms with Gasteiger partial charge in [0.25, 0.3) is 0 Å². The molecular formula is C12H27O3PSi. The highest BCUT2D eigenvalue weighted by Gasteiger charge is 2.59. The first-order chi connectivity index (χ1) is 7.83. The number of hydrogen-bond acceptors (Lipinski definition) is 3. The summed E-state index contributed by atoms with van der Waals surface area (Å²) in [4.78, 5) is 0. The zero-order chi connectivity index (χ0) is 13.2. The van der Waals surface area contributed by atoms with E-state index in [9.17, 15) is 4.57 Å². The van der Waals surface area contributed by atoms with E-state index >= 15 is 0 Å². The third-order valence-electron chi connectivity index (χ3n) is 3.95. The fraction of sp³-hybridized carbons (Fsp3) is 1.00. The molecule has 1 saturated carbocycles. The summed E-state index contributed by atoms with van der Waals surface area (Å²) in [6.45, 7) is 11.6. The minimum absolute atomic E-state index is 0.161. The van der Waals surface area contributed by atoms with Gasteiger partial charge in [0.2, 0.25) is 0 Å². The van der Waals surface area contributed by atoms with Gasteiger partial charge in [-0.1, -0.05) is 32.5 Å². The predicted molar refractivity (Wildman–Crippen MR) is 75.4 cm³/mol. The van der Waals surface area contributed by atoms with E-state index in [-0.39, 0.29) is 4.78 Å². The first kappa shape index (κ1) is 15.4. The van der Waals surface area contributed by atoms with Crippen LogP contribution in [-0.4, -0.2) is 26.1 Å². The van der Waals surface area contributed by atoms with E-state index in [2.05, 4.69) is 19.6 Å². The van der Waals surface area contributed by atoms with Crippen molar-refractivity contribution in [3.63, 3.8) is 0 Å². The highest BCUT2D eigenvalue weighted by molar-refractivity contribution is 7.59. The van der Waals surface area contributed by atoms with Gasteiger partial charge in [-0.2, -0.15) is 0 Å². The Labute approximate surface area is 107 Å². The molecule has 0 N–H and O–H groups in total. The van der Waals surface area contributed by atoms with Gasteiger partial charge in [-0.15, -0.1) is 0 Å². The zero-order valence-corrected chi connectivity index (χ0v) is 13.8. The number of rotatable bonds is 6. The molecule has 0 saturated heterocycles. The maximum Gasteiger partial charge on any atom is 0.333 e. The molecule has 0 amide bonds. The third kappa shape index (κ3) is 2.70. The summed E-state index contributed by atoms with van der Waals surface area (Å²) >= 11 is 0. The van der Waals surface area contributed by atoms with E-state index in [1.54, 1.807) is 0 Å². The van der Waals surface area contributed by atoms with Gasteiger partial charge < -0.3 is 9.05 Å². The van der Waals surface area contributed by atoms with Crippen LogP contribution in [-0.2, 0) is 13.6 Å². The zero-order valence-electron chi connectivity index (χ0n) is 11.9. The van der Waals surface area contributed by atoms with Crippen LogP contribution in [0.4, 0.5) is 0 Å². The van der Waals surface area contributed by atoms with Gasteiger partial charge in [0.15, 0.2) is 0 Å². The van der Waals surface area contributed by atoms with Crippen LogP contribution in [0.2, 0.25) is 19.6 Å². The second-order valence-electron chi connectivity index (χ2n) is 5.82. The molecule has 3 nitrogen and oxygen atoms in total. The highest BCUT2D eigenvalue weighted by Crippen LogP contribution is 2.69. The molecule has 0 spiro atoms. The molecule has 17 heavy (non-hydrogen) atoms. The molecule has 0 bridgehead atoms. The van der Waals surface area contributed by atoms with E-state index in [1.165, 1.54) is 0 Å². The van der Waals surface area contributed by atoms with Crippen LogP contribution >= 0.6 is 7.60 Å². The molecule has 0 aromatic carbocycles. The van der Waals surface area contributed by atoms with Crippen molar-refractivity contribution >= 4 is 15.7 Å². The largest absolute Gasteiger partial charge is 0.333 e. The Morgan fingerprint density at radius 3 is 1.76 bits per heavy atom. The number of hydrogen-bond donors (Lipinski definition) is 0. The molecule has 1 fully saturated rings. The minimum Gasteiger partial charge on any atom is -0.309 e. The van der Waals surface area contributed by atoms with Crippen LogP contribution < -0.4 is 0 Å². The van der Waals surface area contributed by atoms with E-state index < -0.39 is 15.7 Å². The smallest absolute Gasteiger partial charge is 0.309 e. The first-order valence-electron chi connectivity index (χ1n) is 6.72. The van der Waals surface area contributed by atoms with Crippen molar-refractivity contribution in [2.75, 3.05) is 13.2 Å². The lowest BCUT2D eigenvalue weighted by Crippen LogP contribution is -2.50. The molecular weight excluding hydrogens is 251 g/mol. The fourth-order valence-electron chi connectivity index (χ4n) is 3.02. The summed E-state index contributed by atoms with van der Waals surface area (Å²) in [6, 6.07) is 0. The normalized spacial score (nSPS) is 20.8. The molecule has 1 rings (SSSR count). The average Bonchev–Trinajstić information content (AvgIpc) is 2.67. The molecule has 0 aromatic rings.